The van der Waals surface area contributed by atoms with Gasteiger partial charge >= 0.3 is 0 Å². The molecular formula is C26H25N7. The maximum atomic E-state index is 5.06. The third-order valence-electron chi connectivity index (χ3n) is 6.13. The highest BCUT2D eigenvalue weighted by Crippen LogP contribution is 2.32. The number of rotatable bonds is 3. The molecule has 1 N–H and O–H groups in total. The molecule has 164 valence electrons. The Bertz CT molecular complexity index is 1450. The van der Waals surface area contributed by atoms with Crippen LogP contribution in [0.5, 0.6) is 0 Å². The van der Waals surface area contributed by atoms with Crippen molar-refractivity contribution in [2.75, 3.05) is 31.1 Å². The second kappa shape index (κ2) is 8.26. The Kier molecular flexibility index (Phi) is 4.96. The highest BCUT2D eigenvalue weighted by Gasteiger charge is 2.19. The number of imidazole rings is 1. The molecule has 0 amide bonds. The van der Waals surface area contributed by atoms with Gasteiger partial charge in [0.25, 0.3) is 0 Å². The summed E-state index contributed by atoms with van der Waals surface area (Å²) in [5.41, 5.74) is 8.20. The Hall–Kier alpha value is -3.84. The molecule has 0 aliphatic carbocycles. The van der Waals surface area contributed by atoms with Crippen LogP contribution >= 0.6 is 0 Å². The number of nitrogens with zero attached hydrogens (tertiary/aromatic N) is 6. The van der Waals surface area contributed by atoms with Crippen LogP contribution in [0.3, 0.4) is 0 Å². The summed E-state index contributed by atoms with van der Waals surface area (Å²) in [5, 5.41) is 3.46. The van der Waals surface area contributed by atoms with E-state index in [0.717, 1.165) is 83.4 Å². The van der Waals surface area contributed by atoms with E-state index in [1.54, 1.807) is 0 Å². The number of fused-ring (bicyclic) bond motifs is 2. The summed E-state index contributed by atoms with van der Waals surface area (Å²) < 4.78 is 2.09. The number of aromatic nitrogens is 5. The van der Waals surface area contributed by atoms with Crippen LogP contribution in [0.4, 0.5) is 5.69 Å². The van der Waals surface area contributed by atoms with Crippen LogP contribution in [0.2, 0.25) is 0 Å². The second-order valence-corrected chi connectivity index (χ2v) is 8.42. The quantitative estimate of drug-likeness (QED) is 0.460. The average molecular weight is 436 g/mol. The normalized spacial score (nSPS) is 14.6. The lowest BCUT2D eigenvalue weighted by Crippen LogP contribution is -2.27. The van der Waals surface area contributed by atoms with Crippen LogP contribution in [-0.4, -0.2) is 50.5 Å². The molecule has 7 heteroatoms. The summed E-state index contributed by atoms with van der Waals surface area (Å²) in [6.07, 6.45) is 5.12. The molecule has 5 aromatic heterocycles. The molecule has 33 heavy (non-hydrogen) atoms. The maximum absolute atomic E-state index is 5.06. The van der Waals surface area contributed by atoms with Crippen LogP contribution in [-0.2, 0) is 0 Å². The standard InChI is InChI=1S/C26H25N7/c1-18-6-4-7-21(29-18)25-26(33-14-3-2-8-24(33)31-25)22-10-9-20-23(30-22)16-19(17-28-20)32-13-5-11-27-12-15-32/h2-4,6-10,14,16-17,27H,5,11-13,15H2,1H3. The molecular weight excluding hydrogens is 410 g/mol. The molecule has 7 nitrogen and oxygen atoms in total. The van der Waals surface area contributed by atoms with Gasteiger partial charge in [-0.2, -0.15) is 0 Å². The molecule has 5 aromatic rings. The molecule has 0 aromatic carbocycles. The Balaban J connectivity index is 1.51. The SMILES string of the molecule is Cc1cccc(-c2nc3ccccn3c2-c2ccc3ncc(N4CCCNCC4)cc3n2)n1. The smallest absolute Gasteiger partial charge is 0.138 e. The number of nitrogens with one attached hydrogen (secondary N) is 1. The van der Waals surface area contributed by atoms with Crippen LogP contribution in [0.25, 0.3) is 39.5 Å². The van der Waals surface area contributed by atoms with Crippen LogP contribution in [0.1, 0.15) is 12.1 Å². The first kappa shape index (κ1) is 19.8. The summed E-state index contributed by atoms with van der Waals surface area (Å²) in [4.78, 5) is 21.8. The zero-order valence-corrected chi connectivity index (χ0v) is 18.6. The van der Waals surface area contributed by atoms with Crippen molar-refractivity contribution in [3.8, 4) is 22.8 Å². The first-order valence-electron chi connectivity index (χ1n) is 11.4. The Morgan fingerprint density at radius 1 is 0.848 bits per heavy atom. The molecule has 0 unspecified atom stereocenters. The van der Waals surface area contributed by atoms with Gasteiger partial charge in [-0.05, 0) is 62.4 Å². The molecule has 6 heterocycles. The number of anilines is 1. The molecule has 0 bridgehead atoms. The molecule has 0 atom stereocenters. The van der Waals surface area contributed by atoms with Gasteiger partial charge in [0, 0.05) is 31.5 Å². The Labute approximate surface area is 192 Å². The van der Waals surface area contributed by atoms with Gasteiger partial charge in [-0.3, -0.25) is 14.4 Å². The van der Waals surface area contributed by atoms with E-state index in [9.17, 15) is 0 Å². The Morgan fingerprint density at radius 2 is 1.82 bits per heavy atom. The zero-order valence-electron chi connectivity index (χ0n) is 18.6. The van der Waals surface area contributed by atoms with Crippen molar-refractivity contribution in [1.29, 1.82) is 0 Å². The predicted molar refractivity (Wildman–Crippen MR) is 131 cm³/mol. The van der Waals surface area contributed by atoms with Gasteiger partial charge < -0.3 is 10.2 Å². The van der Waals surface area contributed by atoms with Gasteiger partial charge in [0.15, 0.2) is 0 Å². The number of aryl methyl sites for hydroxylation is 1. The van der Waals surface area contributed by atoms with Crippen molar-refractivity contribution < 1.29 is 0 Å². The van der Waals surface area contributed by atoms with E-state index in [0.29, 0.717) is 0 Å². The fourth-order valence-electron chi connectivity index (χ4n) is 4.50. The molecule has 1 saturated heterocycles. The van der Waals surface area contributed by atoms with Crippen LogP contribution in [0, 0.1) is 6.92 Å². The van der Waals surface area contributed by atoms with E-state index in [1.165, 1.54) is 0 Å². The molecule has 0 saturated carbocycles. The second-order valence-electron chi connectivity index (χ2n) is 8.42. The fourth-order valence-corrected chi connectivity index (χ4v) is 4.50. The van der Waals surface area contributed by atoms with E-state index in [4.69, 9.17) is 19.9 Å². The lowest BCUT2D eigenvalue weighted by molar-refractivity contribution is 0.724. The molecule has 1 aliphatic rings. The van der Waals surface area contributed by atoms with Crippen molar-refractivity contribution in [2.45, 2.75) is 13.3 Å². The highest BCUT2D eigenvalue weighted by atomic mass is 15.2. The highest BCUT2D eigenvalue weighted by molar-refractivity contribution is 5.84. The summed E-state index contributed by atoms with van der Waals surface area (Å²) >= 11 is 0. The first-order valence-corrected chi connectivity index (χ1v) is 11.4. The lowest BCUT2D eigenvalue weighted by atomic mass is 10.1. The van der Waals surface area contributed by atoms with Crippen molar-refractivity contribution in [3.63, 3.8) is 0 Å². The molecule has 1 fully saturated rings. The van der Waals surface area contributed by atoms with Gasteiger partial charge in [-0.25, -0.2) is 9.97 Å². The van der Waals surface area contributed by atoms with Gasteiger partial charge in [0.05, 0.1) is 34.3 Å². The zero-order chi connectivity index (χ0) is 22.2. The number of hydrogen-bond acceptors (Lipinski definition) is 6. The monoisotopic (exact) mass is 435 g/mol. The van der Waals surface area contributed by atoms with Crippen LogP contribution in [0.15, 0.2) is 67.0 Å². The third-order valence-corrected chi connectivity index (χ3v) is 6.13. The van der Waals surface area contributed by atoms with E-state index < -0.39 is 0 Å². The summed E-state index contributed by atoms with van der Waals surface area (Å²) in [7, 11) is 0. The van der Waals surface area contributed by atoms with E-state index >= 15 is 0 Å². The van der Waals surface area contributed by atoms with E-state index in [2.05, 4.69) is 20.7 Å². The molecule has 0 radical (unpaired) electrons. The van der Waals surface area contributed by atoms with Gasteiger partial charge in [0.1, 0.15) is 17.0 Å². The van der Waals surface area contributed by atoms with Gasteiger partial charge in [-0.1, -0.05) is 12.1 Å². The predicted octanol–water partition coefficient (Wildman–Crippen LogP) is 4.11. The maximum Gasteiger partial charge on any atom is 0.138 e. The van der Waals surface area contributed by atoms with Crippen molar-refractivity contribution in [3.05, 3.63) is 72.7 Å². The summed E-state index contributed by atoms with van der Waals surface area (Å²) in [5.74, 6) is 0. The molecule has 1 aliphatic heterocycles. The van der Waals surface area contributed by atoms with Crippen molar-refractivity contribution in [1.82, 2.24) is 29.7 Å². The van der Waals surface area contributed by atoms with E-state index in [1.807, 2.05) is 67.8 Å². The minimum Gasteiger partial charge on any atom is -0.369 e. The van der Waals surface area contributed by atoms with Crippen molar-refractivity contribution in [2.24, 2.45) is 0 Å². The largest absolute Gasteiger partial charge is 0.369 e. The molecule has 0 spiro atoms. The van der Waals surface area contributed by atoms with E-state index in [-0.39, 0.29) is 0 Å². The minimum absolute atomic E-state index is 0.833. The van der Waals surface area contributed by atoms with Gasteiger partial charge in [0.2, 0.25) is 0 Å². The average Bonchev–Trinajstić information content (AvgIpc) is 3.02. The fraction of sp³-hybridized carbons (Fsp3) is 0.231. The lowest BCUT2D eigenvalue weighted by Gasteiger charge is -2.22. The van der Waals surface area contributed by atoms with Crippen LogP contribution < -0.4 is 10.2 Å². The minimum atomic E-state index is 0.833. The summed E-state index contributed by atoms with van der Waals surface area (Å²) in [6, 6.07) is 18.3. The van der Waals surface area contributed by atoms with Gasteiger partial charge in [-0.15, -0.1) is 0 Å². The number of hydrogen-bond donors (Lipinski definition) is 1. The first-order chi connectivity index (χ1) is 16.3. The third kappa shape index (κ3) is 3.70. The number of pyridine rings is 4. The molecule has 6 rings (SSSR count). The topological polar surface area (TPSA) is 71.2 Å². The summed E-state index contributed by atoms with van der Waals surface area (Å²) in [6.45, 7) is 6.04. The van der Waals surface area contributed by atoms with Crippen molar-refractivity contribution >= 4 is 22.4 Å². The Morgan fingerprint density at radius 3 is 2.76 bits per heavy atom.